The third-order valence-electron chi connectivity index (χ3n) is 4.23. The number of hydrogen-bond acceptors (Lipinski definition) is 3. The molecule has 2 aromatic rings. The van der Waals surface area contributed by atoms with E-state index >= 15 is 0 Å². The standard InChI is InChI=1S/C17H19BrN2O2S/c18-15-8-11-17(19-12-15)20-23(21,22)16-9-6-14(7-10-16)13-4-2-1-3-5-13/h6-13H,1-5H2,(H,19,20). The summed E-state index contributed by atoms with van der Waals surface area (Å²) in [5.74, 6) is 0.881. The number of rotatable bonds is 4. The molecule has 1 N–H and O–H groups in total. The number of halogens is 1. The largest absolute Gasteiger partial charge is 0.263 e. The fraction of sp³-hybridized carbons (Fsp3) is 0.353. The summed E-state index contributed by atoms with van der Waals surface area (Å²) in [6.45, 7) is 0. The summed E-state index contributed by atoms with van der Waals surface area (Å²) in [5.41, 5.74) is 1.24. The molecule has 122 valence electrons. The Balaban J connectivity index is 1.75. The molecule has 3 rings (SSSR count). The van der Waals surface area contributed by atoms with Crippen LogP contribution in [0.2, 0.25) is 0 Å². The van der Waals surface area contributed by atoms with E-state index in [-0.39, 0.29) is 4.90 Å². The van der Waals surface area contributed by atoms with E-state index in [1.54, 1.807) is 30.5 Å². The van der Waals surface area contributed by atoms with Crippen LogP contribution in [0.15, 0.2) is 52.0 Å². The second kappa shape index (κ2) is 7.01. The Morgan fingerprint density at radius 3 is 2.30 bits per heavy atom. The first-order chi connectivity index (χ1) is 11.0. The molecule has 1 heterocycles. The molecule has 0 unspecified atom stereocenters. The Hall–Kier alpha value is -1.40. The summed E-state index contributed by atoms with van der Waals surface area (Å²) in [5, 5.41) is 0. The van der Waals surface area contributed by atoms with Crippen molar-refractivity contribution in [3.05, 3.63) is 52.6 Å². The quantitative estimate of drug-likeness (QED) is 0.817. The molecule has 1 aromatic heterocycles. The van der Waals surface area contributed by atoms with Gasteiger partial charge in [-0.1, -0.05) is 31.4 Å². The first kappa shape index (κ1) is 16.5. The lowest BCUT2D eigenvalue weighted by molar-refractivity contribution is 0.443. The molecule has 0 aliphatic heterocycles. The lowest BCUT2D eigenvalue weighted by Gasteiger charge is -2.22. The number of benzene rings is 1. The van der Waals surface area contributed by atoms with Gasteiger partial charge in [0.1, 0.15) is 5.82 Å². The summed E-state index contributed by atoms with van der Waals surface area (Å²) in [7, 11) is -3.60. The smallest absolute Gasteiger partial charge is 0.263 e. The molecule has 0 radical (unpaired) electrons. The minimum Gasteiger partial charge on any atom is -0.263 e. The van der Waals surface area contributed by atoms with Gasteiger partial charge in [0.15, 0.2) is 0 Å². The zero-order valence-electron chi connectivity index (χ0n) is 12.7. The van der Waals surface area contributed by atoms with Crippen LogP contribution in [0.1, 0.15) is 43.6 Å². The van der Waals surface area contributed by atoms with Crippen molar-refractivity contribution >= 4 is 31.8 Å². The second-order valence-electron chi connectivity index (χ2n) is 5.87. The van der Waals surface area contributed by atoms with Gasteiger partial charge in [0, 0.05) is 10.7 Å². The van der Waals surface area contributed by atoms with Crippen LogP contribution in [0.25, 0.3) is 0 Å². The summed E-state index contributed by atoms with van der Waals surface area (Å²) >= 11 is 3.28. The fourth-order valence-corrected chi connectivity index (χ4v) is 4.23. The summed E-state index contributed by atoms with van der Waals surface area (Å²) in [6, 6.07) is 10.6. The van der Waals surface area contributed by atoms with Gasteiger partial charge in [-0.25, -0.2) is 13.4 Å². The average Bonchev–Trinajstić information content (AvgIpc) is 2.58. The Bertz CT molecular complexity index is 752. The number of pyridine rings is 1. The van der Waals surface area contributed by atoms with Crippen molar-refractivity contribution < 1.29 is 8.42 Å². The number of anilines is 1. The topological polar surface area (TPSA) is 59.1 Å². The molecule has 0 saturated heterocycles. The molecule has 1 fully saturated rings. The van der Waals surface area contributed by atoms with Gasteiger partial charge in [0.05, 0.1) is 4.90 Å². The number of sulfonamides is 1. The molecule has 1 saturated carbocycles. The third kappa shape index (κ3) is 4.12. The Kier molecular flexibility index (Phi) is 5.02. The zero-order chi connectivity index (χ0) is 16.3. The summed E-state index contributed by atoms with van der Waals surface area (Å²) in [4.78, 5) is 4.31. The van der Waals surface area contributed by atoms with Gasteiger partial charge in [-0.15, -0.1) is 0 Å². The molecule has 0 bridgehead atoms. The molecule has 0 amide bonds. The maximum absolute atomic E-state index is 12.4. The first-order valence-corrected chi connectivity index (χ1v) is 10.1. The van der Waals surface area contributed by atoms with Crippen molar-refractivity contribution in [3.8, 4) is 0 Å². The molecule has 1 aliphatic carbocycles. The molecule has 0 atom stereocenters. The van der Waals surface area contributed by atoms with Crippen LogP contribution >= 0.6 is 15.9 Å². The molecule has 4 nitrogen and oxygen atoms in total. The SMILES string of the molecule is O=S(=O)(Nc1ccc(Br)cn1)c1ccc(C2CCCCC2)cc1. The van der Waals surface area contributed by atoms with E-state index in [4.69, 9.17) is 0 Å². The van der Waals surface area contributed by atoms with Crippen molar-refractivity contribution in [1.29, 1.82) is 0 Å². The molecule has 0 spiro atoms. The first-order valence-electron chi connectivity index (χ1n) is 7.79. The lowest BCUT2D eigenvalue weighted by atomic mass is 9.84. The summed E-state index contributed by atoms with van der Waals surface area (Å²) in [6.07, 6.45) is 7.81. The van der Waals surface area contributed by atoms with Gasteiger partial charge < -0.3 is 0 Å². The van der Waals surface area contributed by atoms with E-state index in [9.17, 15) is 8.42 Å². The van der Waals surface area contributed by atoms with Gasteiger partial charge in [0.25, 0.3) is 10.0 Å². The van der Waals surface area contributed by atoms with Gasteiger partial charge in [-0.05, 0) is 64.5 Å². The van der Waals surface area contributed by atoms with Crippen molar-refractivity contribution in [2.24, 2.45) is 0 Å². The molecular weight excluding hydrogens is 376 g/mol. The summed E-state index contributed by atoms with van der Waals surface area (Å²) < 4.78 is 28.1. The van der Waals surface area contributed by atoms with Crippen LogP contribution in [-0.2, 0) is 10.0 Å². The second-order valence-corrected chi connectivity index (χ2v) is 8.47. The maximum Gasteiger partial charge on any atom is 0.263 e. The molecule has 6 heteroatoms. The van der Waals surface area contributed by atoms with E-state index < -0.39 is 10.0 Å². The van der Waals surface area contributed by atoms with Gasteiger partial charge in [-0.2, -0.15) is 0 Å². The predicted octanol–water partition coefficient (Wildman–Crippen LogP) is 4.69. The van der Waals surface area contributed by atoms with Gasteiger partial charge >= 0.3 is 0 Å². The Labute approximate surface area is 145 Å². The minimum absolute atomic E-state index is 0.266. The predicted molar refractivity (Wildman–Crippen MR) is 95.0 cm³/mol. The number of nitrogens with one attached hydrogen (secondary N) is 1. The van der Waals surface area contributed by atoms with Crippen LogP contribution < -0.4 is 4.72 Å². The van der Waals surface area contributed by atoms with Crippen LogP contribution in [0.4, 0.5) is 5.82 Å². The van der Waals surface area contributed by atoms with Crippen molar-refractivity contribution in [2.45, 2.75) is 42.9 Å². The molecular formula is C17H19BrN2O2S. The highest BCUT2D eigenvalue weighted by Gasteiger charge is 2.18. The number of aromatic nitrogens is 1. The number of hydrogen-bond donors (Lipinski definition) is 1. The van der Waals surface area contributed by atoms with E-state index in [0.717, 1.165) is 4.47 Å². The number of nitrogens with zero attached hydrogens (tertiary/aromatic N) is 1. The molecule has 23 heavy (non-hydrogen) atoms. The van der Waals surface area contributed by atoms with Crippen molar-refractivity contribution in [3.63, 3.8) is 0 Å². The van der Waals surface area contributed by atoms with Gasteiger partial charge in [0.2, 0.25) is 0 Å². The Morgan fingerprint density at radius 1 is 1.00 bits per heavy atom. The third-order valence-corrected chi connectivity index (χ3v) is 6.07. The average molecular weight is 395 g/mol. The van der Waals surface area contributed by atoms with E-state index in [2.05, 4.69) is 25.6 Å². The molecule has 1 aromatic carbocycles. The lowest BCUT2D eigenvalue weighted by Crippen LogP contribution is -2.14. The monoisotopic (exact) mass is 394 g/mol. The van der Waals surface area contributed by atoms with Crippen molar-refractivity contribution in [1.82, 2.24) is 4.98 Å². The van der Waals surface area contributed by atoms with Crippen molar-refractivity contribution in [2.75, 3.05) is 4.72 Å². The minimum atomic E-state index is -3.60. The van der Waals surface area contributed by atoms with Gasteiger partial charge in [-0.3, -0.25) is 4.72 Å². The van der Waals surface area contributed by atoms with E-state index in [1.807, 2.05) is 12.1 Å². The van der Waals surface area contributed by atoms with Crippen LogP contribution in [0.3, 0.4) is 0 Å². The normalized spacial score (nSPS) is 16.2. The maximum atomic E-state index is 12.4. The van der Waals surface area contributed by atoms with Crippen LogP contribution in [0.5, 0.6) is 0 Å². The van der Waals surface area contributed by atoms with Crippen LogP contribution in [-0.4, -0.2) is 13.4 Å². The van der Waals surface area contributed by atoms with E-state index in [1.165, 1.54) is 37.7 Å². The fourth-order valence-electron chi connectivity index (χ4n) is 2.99. The highest BCUT2D eigenvalue weighted by Crippen LogP contribution is 2.33. The van der Waals surface area contributed by atoms with E-state index in [0.29, 0.717) is 11.7 Å². The Morgan fingerprint density at radius 2 is 1.70 bits per heavy atom. The highest BCUT2D eigenvalue weighted by atomic mass is 79.9. The molecule has 1 aliphatic rings. The zero-order valence-corrected chi connectivity index (χ0v) is 15.1. The van der Waals surface area contributed by atoms with Crippen LogP contribution in [0, 0.1) is 0 Å². The highest BCUT2D eigenvalue weighted by molar-refractivity contribution is 9.10.